The zero-order chi connectivity index (χ0) is 25.3. The van der Waals surface area contributed by atoms with Crippen LogP contribution in [0, 0.1) is 5.41 Å². The van der Waals surface area contributed by atoms with Crippen molar-refractivity contribution in [2.24, 2.45) is 5.41 Å². The molecule has 5 N–H and O–H groups in total. The van der Waals surface area contributed by atoms with Gasteiger partial charge >= 0.3 is 29.8 Å². The van der Waals surface area contributed by atoms with E-state index in [-0.39, 0.29) is 13.1 Å². The number of unbranched alkanes of at least 4 members (excludes halogenated alkanes) is 2. The van der Waals surface area contributed by atoms with Crippen LogP contribution < -0.4 is 0 Å². The Morgan fingerprint density at radius 2 is 0.906 bits per heavy atom. The third-order valence-corrected chi connectivity index (χ3v) is 3.99. The van der Waals surface area contributed by atoms with Gasteiger partial charge < -0.3 is 25.5 Å². The second-order valence-corrected chi connectivity index (χ2v) is 8.51. The minimum Gasteiger partial charge on any atom is -0.481 e. The number of rotatable bonds is 16. The van der Waals surface area contributed by atoms with Gasteiger partial charge in [-0.25, -0.2) is 0 Å². The van der Waals surface area contributed by atoms with Crippen LogP contribution in [0.5, 0.6) is 0 Å². The van der Waals surface area contributed by atoms with E-state index in [9.17, 15) is 24.0 Å². The topological polar surface area (TPSA) is 193 Å². The van der Waals surface area contributed by atoms with E-state index in [1.165, 1.54) is 6.42 Å². The van der Waals surface area contributed by atoms with Gasteiger partial charge in [0, 0.05) is 19.5 Å². The molecule has 0 aromatic carbocycles. The highest BCUT2D eigenvalue weighted by Crippen LogP contribution is 2.22. The molecule has 0 aliphatic rings. The summed E-state index contributed by atoms with van der Waals surface area (Å²) in [4.78, 5) is 54.5. The highest BCUT2D eigenvalue weighted by atomic mass is 16.4. The van der Waals surface area contributed by atoms with Crippen LogP contribution in [0.4, 0.5) is 0 Å². The molecule has 0 unspecified atom stereocenters. The average Bonchev–Trinajstić information content (AvgIpc) is 2.56. The molecule has 12 nitrogen and oxygen atoms in total. The molecule has 0 rings (SSSR count). The SMILES string of the molecule is CC(C)(C)CCCCCC(=O)O.O=C(O)CN(CCN(CC(=O)O)CC(=O)O)CC(=O)O. The molecular weight excluding hydrogens is 428 g/mol. The summed E-state index contributed by atoms with van der Waals surface area (Å²) in [6, 6.07) is 0. The fourth-order valence-corrected chi connectivity index (χ4v) is 2.58. The highest BCUT2D eigenvalue weighted by Gasteiger charge is 2.18. The van der Waals surface area contributed by atoms with Gasteiger partial charge in [-0.2, -0.15) is 0 Å². The van der Waals surface area contributed by atoms with E-state index in [1.54, 1.807) is 0 Å². The van der Waals surface area contributed by atoms with Crippen molar-refractivity contribution in [1.29, 1.82) is 0 Å². The third kappa shape index (κ3) is 25.3. The maximum atomic E-state index is 10.6. The van der Waals surface area contributed by atoms with E-state index >= 15 is 0 Å². The number of carboxylic acids is 5. The normalized spacial score (nSPS) is 11.0. The van der Waals surface area contributed by atoms with Crippen LogP contribution in [0.3, 0.4) is 0 Å². The summed E-state index contributed by atoms with van der Waals surface area (Å²) >= 11 is 0. The van der Waals surface area contributed by atoms with Gasteiger partial charge in [-0.15, -0.1) is 0 Å². The summed E-state index contributed by atoms with van der Waals surface area (Å²) in [5.74, 6) is -5.59. The Morgan fingerprint density at radius 1 is 0.562 bits per heavy atom. The van der Waals surface area contributed by atoms with E-state index in [4.69, 9.17) is 25.5 Å². The van der Waals surface area contributed by atoms with Gasteiger partial charge in [0.1, 0.15) is 0 Å². The molecule has 0 aromatic heterocycles. The Hall–Kier alpha value is -2.73. The van der Waals surface area contributed by atoms with E-state index in [0.29, 0.717) is 11.8 Å². The summed E-state index contributed by atoms with van der Waals surface area (Å²) in [5, 5.41) is 42.8. The molecule has 0 aliphatic heterocycles. The zero-order valence-electron chi connectivity index (χ0n) is 18.9. The van der Waals surface area contributed by atoms with Crippen molar-refractivity contribution in [2.45, 2.75) is 52.9 Å². The molecule has 0 radical (unpaired) electrons. The van der Waals surface area contributed by atoms with Crippen LogP contribution in [0.25, 0.3) is 0 Å². The van der Waals surface area contributed by atoms with Crippen LogP contribution >= 0.6 is 0 Å². The predicted molar refractivity (Wildman–Crippen MR) is 114 cm³/mol. The van der Waals surface area contributed by atoms with Gasteiger partial charge in [-0.05, 0) is 18.3 Å². The molecule has 0 spiro atoms. The molecule has 0 aliphatic carbocycles. The lowest BCUT2D eigenvalue weighted by Gasteiger charge is -2.23. The number of hydrogen-bond acceptors (Lipinski definition) is 7. The molecule has 32 heavy (non-hydrogen) atoms. The molecule has 12 heteroatoms. The van der Waals surface area contributed by atoms with E-state index in [2.05, 4.69) is 20.8 Å². The van der Waals surface area contributed by atoms with E-state index in [0.717, 1.165) is 29.1 Å². The van der Waals surface area contributed by atoms with Gasteiger partial charge in [-0.3, -0.25) is 33.8 Å². The monoisotopic (exact) mass is 464 g/mol. The van der Waals surface area contributed by atoms with Gasteiger partial charge in [0.2, 0.25) is 0 Å². The van der Waals surface area contributed by atoms with Crippen molar-refractivity contribution in [3.8, 4) is 0 Å². The first-order valence-corrected chi connectivity index (χ1v) is 10.2. The van der Waals surface area contributed by atoms with Crippen molar-refractivity contribution in [2.75, 3.05) is 39.3 Å². The van der Waals surface area contributed by atoms with Crippen LogP contribution in [0.15, 0.2) is 0 Å². The van der Waals surface area contributed by atoms with Gasteiger partial charge in [-0.1, -0.05) is 33.6 Å². The Labute approximate surface area is 187 Å². The van der Waals surface area contributed by atoms with Crippen LogP contribution in [-0.2, 0) is 24.0 Å². The fourth-order valence-electron chi connectivity index (χ4n) is 2.58. The van der Waals surface area contributed by atoms with Crippen molar-refractivity contribution in [3.63, 3.8) is 0 Å². The van der Waals surface area contributed by atoms with Crippen molar-refractivity contribution in [3.05, 3.63) is 0 Å². The number of nitrogens with zero attached hydrogens (tertiary/aromatic N) is 2. The van der Waals surface area contributed by atoms with Crippen molar-refractivity contribution in [1.82, 2.24) is 9.80 Å². The Kier molecular flexibility index (Phi) is 16.6. The quantitative estimate of drug-likeness (QED) is 0.204. The van der Waals surface area contributed by atoms with E-state index in [1.807, 2.05) is 0 Å². The first-order valence-electron chi connectivity index (χ1n) is 10.2. The Bertz CT molecular complexity index is 548. The number of hydrogen-bond donors (Lipinski definition) is 5. The van der Waals surface area contributed by atoms with Gasteiger partial charge in [0.05, 0.1) is 26.2 Å². The third-order valence-electron chi connectivity index (χ3n) is 3.99. The number of aliphatic carboxylic acids is 5. The lowest BCUT2D eigenvalue weighted by molar-refractivity contribution is -0.145. The van der Waals surface area contributed by atoms with Crippen LogP contribution in [0.1, 0.15) is 52.9 Å². The average molecular weight is 465 g/mol. The first-order chi connectivity index (χ1) is 14.6. The van der Waals surface area contributed by atoms with Gasteiger partial charge in [0.25, 0.3) is 0 Å². The molecule has 0 heterocycles. The molecule has 0 amide bonds. The van der Waals surface area contributed by atoms with Crippen molar-refractivity contribution < 1.29 is 49.5 Å². The maximum Gasteiger partial charge on any atom is 0.317 e. The molecule has 186 valence electrons. The minimum atomic E-state index is -1.23. The Balaban J connectivity index is 0. The van der Waals surface area contributed by atoms with E-state index < -0.39 is 56.0 Å². The first kappa shape index (κ1) is 31.5. The summed E-state index contributed by atoms with van der Waals surface area (Å²) in [5.41, 5.74) is 0.392. The summed E-state index contributed by atoms with van der Waals surface area (Å²) in [7, 11) is 0. The summed E-state index contributed by atoms with van der Waals surface area (Å²) in [6.07, 6.45) is 4.53. The maximum absolute atomic E-state index is 10.6. The lowest BCUT2D eigenvalue weighted by atomic mass is 9.89. The van der Waals surface area contributed by atoms with Crippen LogP contribution in [0.2, 0.25) is 0 Å². The standard InChI is InChI=1S/C10H16N2O8.C10H20O2/c13-7(14)3-11(4-8(15)16)1-2-12(5-9(17)18)6-10(19)20;1-10(2,3)8-6-4-5-7-9(11)12/h1-6H2,(H,13,14)(H,15,16)(H,17,18)(H,19,20);4-8H2,1-3H3,(H,11,12). The summed E-state index contributed by atoms with van der Waals surface area (Å²) < 4.78 is 0. The Morgan fingerprint density at radius 3 is 1.16 bits per heavy atom. The molecular formula is C20H36N2O10. The minimum absolute atomic E-state index is 0.0703. The second kappa shape index (κ2) is 16.9. The predicted octanol–water partition coefficient (Wildman–Crippen LogP) is 0.996. The number of carboxylic acid groups (broad SMARTS) is 5. The molecule has 0 bridgehead atoms. The fraction of sp³-hybridized carbons (Fsp3) is 0.750. The van der Waals surface area contributed by atoms with Crippen molar-refractivity contribution >= 4 is 29.8 Å². The summed E-state index contributed by atoms with van der Waals surface area (Å²) in [6.45, 7) is 4.39. The molecule has 0 fully saturated rings. The van der Waals surface area contributed by atoms with Gasteiger partial charge in [0.15, 0.2) is 0 Å². The van der Waals surface area contributed by atoms with Crippen LogP contribution in [-0.4, -0.2) is 104 Å². The zero-order valence-corrected chi connectivity index (χ0v) is 18.9. The smallest absolute Gasteiger partial charge is 0.317 e. The molecule has 0 saturated heterocycles. The molecule has 0 saturated carbocycles. The molecule has 0 aromatic rings. The second-order valence-electron chi connectivity index (χ2n) is 8.51. The molecule has 0 atom stereocenters. The largest absolute Gasteiger partial charge is 0.481 e. The lowest BCUT2D eigenvalue weighted by Crippen LogP contribution is -2.43. The highest BCUT2D eigenvalue weighted by molar-refractivity contribution is 5.73. The number of carbonyl (C=O) groups is 5.